The number of nitrogens with one attached hydrogen (secondary N) is 1. The fourth-order valence-corrected chi connectivity index (χ4v) is 2.53. The number of anilines is 1. The summed E-state index contributed by atoms with van der Waals surface area (Å²) >= 11 is 0. The summed E-state index contributed by atoms with van der Waals surface area (Å²) in [7, 11) is 0. The largest absolute Gasteiger partial charge is 0.398 e. The highest BCUT2D eigenvalue weighted by Crippen LogP contribution is 2.29. The Labute approximate surface area is 98.2 Å². The molecule has 0 bridgehead atoms. The molecule has 0 heterocycles. The van der Waals surface area contributed by atoms with Crippen LogP contribution in [0.5, 0.6) is 0 Å². The Balaban J connectivity index is 2.01. The monoisotopic (exact) mass is 218 g/mol. The van der Waals surface area contributed by atoms with Gasteiger partial charge in [-0.15, -0.1) is 0 Å². The zero-order valence-electron chi connectivity index (χ0n) is 10.3. The molecule has 1 fully saturated rings. The lowest BCUT2D eigenvalue weighted by Gasteiger charge is -2.25. The van der Waals surface area contributed by atoms with Gasteiger partial charge < -0.3 is 11.1 Å². The minimum atomic E-state index is 0.330. The topological polar surface area (TPSA) is 38.0 Å². The minimum absolute atomic E-state index is 0.330. The van der Waals surface area contributed by atoms with Crippen molar-refractivity contribution in [3.63, 3.8) is 0 Å². The van der Waals surface area contributed by atoms with Crippen LogP contribution in [0.1, 0.15) is 43.7 Å². The van der Waals surface area contributed by atoms with Gasteiger partial charge in [-0.25, -0.2) is 0 Å². The van der Waals surface area contributed by atoms with Crippen molar-refractivity contribution in [3.05, 3.63) is 29.3 Å². The second-order valence-corrected chi connectivity index (χ2v) is 5.32. The predicted molar refractivity (Wildman–Crippen MR) is 69.3 cm³/mol. The first-order valence-electron chi connectivity index (χ1n) is 6.19. The molecule has 2 rings (SSSR count). The van der Waals surface area contributed by atoms with Crippen molar-refractivity contribution >= 4 is 5.69 Å². The number of aryl methyl sites for hydroxylation is 1. The van der Waals surface area contributed by atoms with Crippen molar-refractivity contribution in [1.82, 2.24) is 5.32 Å². The van der Waals surface area contributed by atoms with Gasteiger partial charge in [-0.05, 0) is 38.3 Å². The van der Waals surface area contributed by atoms with Crippen molar-refractivity contribution in [2.45, 2.75) is 51.6 Å². The van der Waals surface area contributed by atoms with Crippen LogP contribution in [0.2, 0.25) is 0 Å². The lowest BCUT2D eigenvalue weighted by molar-refractivity contribution is 0.363. The maximum atomic E-state index is 5.98. The van der Waals surface area contributed by atoms with E-state index in [1.165, 1.54) is 36.8 Å². The van der Waals surface area contributed by atoms with Gasteiger partial charge in [0, 0.05) is 17.8 Å². The molecule has 0 radical (unpaired) electrons. The molecule has 1 aliphatic rings. The Kier molecular flexibility index (Phi) is 3.20. The zero-order valence-corrected chi connectivity index (χ0v) is 10.3. The van der Waals surface area contributed by atoms with E-state index in [1.807, 2.05) is 6.07 Å². The third-order valence-corrected chi connectivity index (χ3v) is 3.71. The highest BCUT2D eigenvalue weighted by molar-refractivity contribution is 5.48. The molecule has 0 amide bonds. The highest BCUT2D eigenvalue weighted by Gasteiger charge is 2.27. The number of hydrogen-bond acceptors (Lipinski definition) is 2. The molecule has 1 saturated carbocycles. The summed E-state index contributed by atoms with van der Waals surface area (Å²) in [5.41, 5.74) is 9.72. The number of hydrogen-bond donors (Lipinski definition) is 2. The first kappa shape index (κ1) is 11.5. The third kappa shape index (κ3) is 2.56. The maximum absolute atomic E-state index is 5.98. The van der Waals surface area contributed by atoms with Crippen molar-refractivity contribution in [2.75, 3.05) is 5.73 Å². The van der Waals surface area contributed by atoms with E-state index in [-0.39, 0.29) is 0 Å². The SMILES string of the molecule is Cc1ccc(N)c(CNC2(C)CCCC2)c1. The first-order valence-corrected chi connectivity index (χ1v) is 6.19. The van der Waals surface area contributed by atoms with Crippen LogP contribution in [0.15, 0.2) is 18.2 Å². The lowest BCUT2D eigenvalue weighted by atomic mass is 10.00. The molecule has 2 nitrogen and oxygen atoms in total. The quantitative estimate of drug-likeness (QED) is 0.765. The van der Waals surface area contributed by atoms with E-state index in [9.17, 15) is 0 Å². The summed E-state index contributed by atoms with van der Waals surface area (Å²) in [6, 6.07) is 6.25. The number of nitrogen functional groups attached to an aromatic ring is 1. The number of rotatable bonds is 3. The summed E-state index contributed by atoms with van der Waals surface area (Å²) in [6.07, 6.45) is 5.29. The number of benzene rings is 1. The summed E-state index contributed by atoms with van der Waals surface area (Å²) in [5.74, 6) is 0. The molecule has 16 heavy (non-hydrogen) atoms. The Hall–Kier alpha value is -1.02. The van der Waals surface area contributed by atoms with Gasteiger partial charge >= 0.3 is 0 Å². The molecule has 2 heteroatoms. The molecule has 0 unspecified atom stereocenters. The summed E-state index contributed by atoms with van der Waals surface area (Å²) < 4.78 is 0. The van der Waals surface area contributed by atoms with E-state index >= 15 is 0 Å². The third-order valence-electron chi connectivity index (χ3n) is 3.71. The van der Waals surface area contributed by atoms with Gasteiger partial charge in [-0.1, -0.05) is 30.5 Å². The molecular weight excluding hydrogens is 196 g/mol. The number of nitrogens with two attached hydrogens (primary N) is 1. The molecule has 3 N–H and O–H groups in total. The van der Waals surface area contributed by atoms with Gasteiger partial charge in [0.05, 0.1) is 0 Å². The fraction of sp³-hybridized carbons (Fsp3) is 0.571. The average molecular weight is 218 g/mol. The van der Waals surface area contributed by atoms with Gasteiger partial charge in [-0.2, -0.15) is 0 Å². The van der Waals surface area contributed by atoms with Crippen molar-refractivity contribution in [2.24, 2.45) is 0 Å². The van der Waals surface area contributed by atoms with Crippen LogP contribution >= 0.6 is 0 Å². The maximum Gasteiger partial charge on any atom is 0.0359 e. The lowest BCUT2D eigenvalue weighted by Crippen LogP contribution is -2.38. The summed E-state index contributed by atoms with van der Waals surface area (Å²) in [4.78, 5) is 0. The van der Waals surface area contributed by atoms with Crippen molar-refractivity contribution in [1.29, 1.82) is 0 Å². The van der Waals surface area contributed by atoms with Crippen LogP contribution in [-0.2, 0) is 6.54 Å². The van der Waals surface area contributed by atoms with Gasteiger partial charge in [0.2, 0.25) is 0 Å². The molecule has 88 valence electrons. The van der Waals surface area contributed by atoms with Crippen LogP contribution < -0.4 is 11.1 Å². The zero-order chi connectivity index (χ0) is 11.6. The van der Waals surface area contributed by atoms with Crippen molar-refractivity contribution < 1.29 is 0 Å². The van der Waals surface area contributed by atoms with E-state index in [0.29, 0.717) is 5.54 Å². The fourth-order valence-electron chi connectivity index (χ4n) is 2.53. The molecule has 1 aromatic rings. The van der Waals surface area contributed by atoms with Crippen molar-refractivity contribution in [3.8, 4) is 0 Å². The Bertz CT molecular complexity index is 365. The normalized spacial score (nSPS) is 18.9. The molecular formula is C14H22N2. The molecule has 0 saturated heterocycles. The summed E-state index contributed by atoms with van der Waals surface area (Å²) in [6.45, 7) is 5.33. The van der Waals surface area contributed by atoms with Crippen LogP contribution in [0.4, 0.5) is 5.69 Å². The van der Waals surface area contributed by atoms with Gasteiger partial charge in [0.1, 0.15) is 0 Å². The minimum Gasteiger partial charge on any atom is -0.398 e. The van der Waals surface area contributed by atoms with Gasteiger partial charge in [0.15, 0.2) is 0 Å². The molecule has 0 aliphatic heterocycles. The van der Waals surface area contributed by atoms with E-state index < -0.39 is 0 Å². The Morgan fingerprint density at radius 3 is 2.69 bits per heavy atom. The van der Waals surface area contributed by atoms with Crippen LogP contribution in [0.25, 0.3) is 0 Å². The smallest absolute Gasteiger partial charge is 0.0359 e. The Morgan fingerprint density at radius 1 is 1.31 bits per heavy atom. The van der Waals surface area contributed by atoms with Crippen LogP contribution in [-0.4, -0.2) is 5.54 Å². The molecule has 0 aromatic heterocycles. The molecule has 0 atom stereocenters. The van der Waals surface area contributed by atoms with E-state index in [0.717, 1.165) is 12.2 Å². The van der Waals surface area contributed by atoms with E-state index in [2.05, 4.69) is 31.3 Å². The first-order chi connectivity index (χ1) is 7.59. The second-order valence-electron chi connectivity index (χ2n) is 5.32. The van der Waals surface area contributed by atoms with Crippen LogP contribution in [0.3, 0.4) is 0 Å². The van der Waals surface area contributed by atoms with Gasteiger partial charge in [0.25, 0.3) is 0 Å². The standard InChI is InChI=1S/C14H22N2/c1-11-5-6-13(15)12(9-11)10-16-14(2)7-3-4-8-14/h5-6,9,16H,3-4,7-8,10,15H2,1-2H3. The predicted octanol–water partition coefficient (Wildman–Crippen LogP) is 3.00. The van der Waals surface area contributed by atoms with Crippen LogP contribution in [0, 0.1) is 6.92 Å². The second kappa shape index (κ2) is 4.46. The molecule has 0 spiro atoms. The average Bonchev–Trinajstić information content (AvgIpc) is 2.67. The van der Waals surface area contributed by atoms with Gasteiger partial charge in [-0.3, -0.25) is 0 Å². The van der Waals surface area contributed by atoms with E-state index in [4.69, 9.17) is 5.73 Å². The van der Waals surface area contributed by atoms with E-state index in [1.54, 1.807) is 0 Å². The summed E-state index contributed by atoms with van der Waals surface area (Å²) in [5, 5.41) is 3.66. The molecule has 1 aliphatic carbocycles. The highest BCUT2D eigenvalue weighted by atomic mass is 15.0. The molecule has 1 aromatic carbocycles. The Morgan fingerprint density at radius 2 is 2.00 bits per heavy atom.